The number of aryl methyl sites for hydroxylation is 1. The molecule has 132 valence electrons. The van der Waals surface area contributed by atoms with Gasteiger partial charge in [-0.25, -0.2) is 13.2 Å². The van der Waals surface area contributed by atoms with Crippen LogP contribution in [0.4, 0.5) is 13.2 Å². The van der Waals surface area contributed by atoms with Gasteiger partial charge in [-0.1, -0.05) is 6.42 Å². The highest BCUT2D eigenvalue weighted by Crippen LogP contribution is 2.15. The quantitative estimate of drug-likeness (QED) is 0.279. The fraction of sp³-hybridized carbons (Fsp3) is 0.625. The Labute approximate surface area is 138 Å². The minimum atomic E-state index is -1.43. The number of benzene rings is 1. The van der Waals surface area contributed by atoms with Crippen LogP contribution < -0.4 is 0 Å². The average molecular weight is 350 g/mol. The number of halogens is 3. The Morgan fingerprint density at radius 2 is 1.48 bits per heavy atom. The van der Waals surface area contributed by atoms with Gasteiger partial charge in [0.15, 0.2) is 27.2 Å². The highest BCUT2D eigenvalue weighted by molar-refractivity contribution is 6.27. The summed E-state index contributed by atoms with van der Waals surface area (Å²) in [6.45, 7) is 6.94. The molecule has 0 aliphatic heterocycles. The molecule has 1 aromatic rings. The first kappa shape index (κ1) is 20.2. The Bertz CT molecular complexity index is 451. The Balaban J connectivity index is 2.33. The monoisotopic (exact) mass is 350 g/mol. The van der Waals surface area contributed by atoms with E-state index in [1.54, 1.807) is 0 Å². The third kappa shape index (κ3) is 7.96. The molecule has 7 heteroatoms. The molecule has 0 aliphatic carbocycles. The Morgan fingerprint density at radius 1 is 0.957 bits per heavy atom. The molecule has 3 nitrogen and oxygen atoms in total. The molecule has 0 aliphatic rings. The number of ether oxygens (including phenoxy) is 2. The third-order valence-electron chi connectivity index (χ3n) is 2.92. The van der Waals surface area contributed by atoms with Gasteiger partial charge in [0.25, 0.3) is 6.48 Å². The molecule has 0 atom stereocenters. The van der Waals surface area contributed by atoms with Crippen LogP contribution in [0.15, 0.2) is 12.1 Å². The van der Waals surface area contributed by atoms with Crippen molar-refractivity contribution in [3.05, 3.63) is 35.1 Å². The van der Waals surface area contributed by atoms with Crippen LogP contribution in [0.3, 0.4) is 0 Å². The van der Waals surface area contributed by atoms with Crippen molar-refractivity contribution in [2.75, 3.05) is 0 Å². The zero-order valence-electron chi connectivity index (χ0n) is 14.1. The van der Waals surface area contributed by atoms with E-state index < -0.39 is 33.7 Å². The predicted octanol–water partition coefficient (Wildman–Crippen LogP) is 3.69. The van der Waals surface area contributed by atoms with E-state index in [-0.39, 0.29) is 12.2 Å². The molecule has 0 saturated carbocycles. The van der Waals surface area contributed by atoms with Gasteiger partial charge in [-0.15, -0.1) is 0 Å². The lowest BCUT2D eigenvalue weighted by Crippen LogP contribution is -2.28. The molecule has 0 radical (unpaired) electrons. The first-order valence-corrected chi connectivity index (χ1v) is 9.43. The van der Waals surface area contributed by atoms with E-state index >= 15 is 0 Å². The summed E-state index contributed by atoms with van der Waals surface area (Å²) in [6, 6.07) is 2.88. The van der Waals surface area contributed by atoms with Crippen molar-refractivity contribution in [3.63, 3.8) is 0 Å². The molecule has 0 aromatic heterocycles. The Morgan fingerprint density at radius 3 is 1.96 bits per heavy atom. The van der Waals surface area contributed by atoms with E-state index in [9.17, 15) is 13.2 Å². The molecule has 0 heterocycles. The topological polar surface area (TPSA) is 27.7 Å². The zero-order chi connectivity index (χ0) is 17.4. The van der Waals surface area contributed by atoms with Crippen LogP contribution >= 0.6 is 0 Å². The summed E-state index contributed by atoms with van der Waals surface area (Å²) in [5.74, 6) is -3.72. The minimum Gasteiger partial charge on any atom is -0.379 e. The lowest BCUT2D eigenvalue weighted by molar-refractivity contribution is -0.275. The highest BCUT2D eigenvalue weighted by Gasteiger charge is 2.14. The number of hydrogen-bond acceptors (Lipinski definition) is 3. The van der Waals surface area contributed by atoms with Gasteiger partial charge in [0.05, 0.1) is 12.2 Å². The fourth-order valence-electron chi connectivity index (χ4n) is 1.92. The van der Waals surface area contributed by atoms with Crippen LogP contribution in [0.1, 0.15) is 39.7 Å². The van der Waals surface area contributed by atoms with Crippen molar-refractivity contribution in [1.82, 2.24) is 0 Å². The zero-order valence-corrected chi connectivity index (χ0v) is 15.5. The van der Waals surface area contributed by atoms with Crippen LogP contribution in [0.2, 0.25) is 6.04 Å². The van der Waals surface area contributed by atoms with E-state index in [2.05, 4.69) is 0 Å². The second-order valence-corrected chi connectivity index (χ2v) is 7.31. The summed E-state index contributed by atoms with van der Waals surface area (Å²) in [4.78, 5) is 0. The van der Waals surface area contributed by atoms with E-state index in [1.807, 2.05) is 27.7 Å². The molecule has 23 heavy (non-hydrogen) atoms. The molecule has 0 amide bonds. The van der Waals surface area contributed by atoms with Crippen molar-refractivity contribution in [3.8, 4) is 0 Å². The van der Waals surface area contributed by atoms with Gasteiger partial charge in [-0.3, -0.25) is 0 Å². The van der Waals surface area contributed by atoms with Crippen molar-refractivity contribution in [1.29, 1.82) is 0 Å². The number of rotatable bonds is 10. The summed E-state index contributed by atoms with van der Waals surface area (Å²) >= 11 is 0. The standard InChI is InChI=1S/C16H25F3O3Si/c1-10(2)20-16(21-11(3)4)22-23-7-5-6-12-8-13(17)15(19)14(18)9-12/h8-11,16H,5-7,23H2,1-4H3. The van der Waals surface area contributed by atoms with Gasteiger partial charge in [0.2, 0.25) is 0 Å². The van der Waals surface area contributed by atoms with Gasteiger partial charge < -0.3 is 13.9 Å². The minimum absolute atomic E-state index is 0.00193. The maximum atomic E-state index is 13.1. The average Bonchev–Trinajstić information content (AvgIpc) is 2.42. The van der Waals surface area contributed by atoms with Gasteiger partial charge >= 0.3 is 0 Å². The lowest BCUT2D eigenvalue weighted by atomic mass is 10.1. The SMILES string of the molecule is CC(C)OC(O[SiH2]CCCc1cc(F)c(F)c(F)c1)OC(C)C. The first-order chi connectivity index (χ1) is 10.8. The smallest absolute Gasteiger partial charge is 0.262 e. The van der Waals surface area contributed by atoms with Gasteiger partial charge in [0.1, 0.15) is 0 Å². The maximum Gasteiger partial charge on any atom is 0.262 e. The Kier molecular flexibility index (Phi) is 8.83. The molecule has 0 N–H and O–H groups in total. The van der Waals surface area contributed by atoms with Crippen molar-refractivity contribution in [2.24, 2.45) is 0 Å². The fourth-order valence-corrected chi connectivity index (χ4v) is 2.89. The van der Waals surface area contributed by atoms with Crippen molar-refractivity contribution < 1.29 is 27.1 Å². The van der Waals surface area contributed by atoms with Crippen LogP contribution in [-0.4, -0.2) is 28.4 Å². The van der Waals surface area contributed by atoms with E-state index in [0.717, 1.165) is 18.2 Å². The third-order valence-corrected chi connectivity index (χ3v) is 4.22. The number of hydrogen-bond donors (Lipinski definition) is 0. The normalized spacial score (nSPS) is 12.4. The highest BCUT2D eigenvalue weighted by atomic mass is 28.2. The van der Waals surface area contributed by atoms with Crippen LogP contribution in [0.5, 0.6) is 0 Å². The summed E-state index contributed by atoms with van der Waals surface area (Å²) in [7, 11) is -0.877. The molecule has 1 rings (SSSR count). The van der Waals surface area contributed by atoms with Gasteiger partial charge in [-0.05, 0) is 57.9 Å². The molecule has 1 aromatic carbocycles. The first-order valence-electron chi connectivity index (χ1n) is 7.85. The second-order valence-electron chi connectivity index (χ2n) is 5.86. The van der Waals surface area contributed by atoms with Crippen LogP contribution in [0.25, 0.3) is 0 Å². The summed E-state index contributed by atoms with van der Waals surface area (Å²) in [5.41, 5.74) is 0.448. The summed E-state index contributed by atoms with van der Waals surface area (Å²) in [5, 5.41) is 0. The molecular formula is C16H25F3O3Si. The lowest BCUT2D eigenvalue weighted by Gasteiger charge is -2.23. The van der Waals surface area contributed by atoms with Crippen LogP contribution in [-0.2, 0) is 20.3 Å². The maximum absolute atomic E-state index is 13.1. The van der Waals surface area contributed by atoms with Crippen molar-refractivity contribution >= 4 is 9.76 Å². The van der Waals surface area contributed by atoms with Crippen LogP contribution in [0, 0.1) is 17.5 Å². The second kappa shape index (κ2) is 10.1. The largest absolute Gasteiger partial charge is 0.379 e. The predicted molar refractivity (Wildman–Crippen MR) is 85.3 cm³/mol. The molecule has 0 fully saturated rings. The molecule has 0 spiro atoms. The van der Waals surface area contributed by atoms with E-state index in [0.29, 0.717) is 18.4 Å². The van der Waals surface area contributed by atoms with Gasteiger partial charge in [0, 0.05) is 0 Å². The molecule has 0 bridgehead atoms. The molecule has 0 unspecified atom stereocenters. The summed E-state index contributed by atoms with van der Waals surface area (Å²) < 4.78 is 55.8. The molecular weight excluding hydrogens is 325 g/mol. The van der Waals surface area contributed by atoms with Crippen molar-refractivity contribution in [2.45, 2.75) is 65.3 Å². The Hall–Kier alpha value is -0.893. The van der Waals surface area contributed by atoms with Gasteiger partial charge in [-0.2, -0.15) is 0 Å². The van der Waals surface area contributed by atoms with E-state index in [1.165, 1.54) is 0 Å². The summed E-state index contributed by atoms with van der Waals surface area (Å²) in [6.07, 6.45) is 1.19. The molecule has 0 saturated heterocycles. The van der Waals surface area contributed by atoms with E-state index in [4.69, 9.17) is 13.9 Å².